The first-order valence-corrected chi connectivity index (χ1v) is 11.6. The van der Waals surface area contributed by atoms with Gasteiger partial charge in [0, 0.05) is 17.4 Å². The van der Waals surface area contributed by atoms with Crippen LogP contribution in [0, 0.1) is 0 Å². The molecule has 10 heteroatoms. The molecule has 4 fully saturated rings. The van der Waals surface area contributed by atoms with Gasteiger partial charge in [-0.05, 0) is 40.5 Å². The lowest BCUT2D eigenvalue weighted by Crippen LogP contribution is -2.62. The molecule has 5 N–H and O–H groups in total. The molecule has 0 spiro atoms. The van der Waals surface area contributed by atoms with E-state index in [0.717, 1.165) is 18.6 Å². The third-order valence-electron chi connectivity index (χ3n) is 7.99. The summed E-state index contributed by atoms with van der Waals surface area (Å²) in [7, 11) is 0. The second-order valence-electron chi connectivity index (χ2n) is 9.75. The third kappa shape index (κ3) is 2.70. The molecule has 3 heterocycles. The van der Waals surface area contributed by atoms with Crippen LogP contribution in [-0.2, 0) is 14.3 Å². The zero-order valence-electron chi connectivity index (χ0n) is 17.9. The van der Waals surface area contributed by atoms with E-state index in [1.165, 1.54) is 13.8 Å². The number of ether oxygens (including phenoxy) is 2. The molecule has 4 aliphatic rings. The highest BCUT2D eigenvalue weighted by Crippen LogP contribution is 2.73. The van der Waals surface area contributed by atoms with Gasteiger partial charge >= 0.3 is 12.0 Å². The van der Waals surface area contributed by atoms with Crippen LogP contribution in [0.5, 0.6) is 0 Å². The maximum atomic E-state index is 12.2. The maximum Gasteiger partial charge on any atom is 0.315 e. The molecule has 0 aromatic carbocycles. The highest BCUT2D eigenvalue weighted by molar-refractivity contribution is 8.00. The van der Waals surface area contributed by atoms with E-state index in [1.807, 2.05) is 11.8 Å². The SMILES string of the molecule is CC1(COC(=O)CCCCC2SC[C@@H]3NC(=O)N[C@H]23)OC2(C)C(O)(C1(C)O)[C@]2(C)O. The van der Waals surface area contributed by atoms with Gasteiger partial charge in [-0.15, -0.1) is 0 Å². The monoisotopic (exact) mass is 444 g/mol. The molecule has 3 aliphatic heterocycles. The van der Waals surface area contributed by atoms with Crippen molar-refractivity contribution in [2.45, 2.75) is 98.7 Å². The molecule has 30 heavy (non-hydrogen) atoms. The van der Waals surface area contributed by atoms with Gasteiger partial charge in [-0.3, -0.25) is 4.79 Å². The Hall–Kier alpha value is -1.07. The molecular weight excluding hydrogens is 412 g/mol. The number of carbonyl (C=O) groups is 2. The maximum absolute atomic E-state index is 12.2. The van der Waals surface area contributed by atoms with E-state index in [1.54, 1.807) is 13.8 Å². The Morgan fingerprint density at radius 1 is 1.17 bits per heavy atom. The number of rotatable bonds is 7. The highest BCUT2D eigenvalue weighted by Gasteiger charge is 2.97. The van der Waals surface area contributed by atoms with E-state index in [-0.39, 0.29) is 31.1 Å². The molecule has 0 bridgehead atoms. The lowest BCUT2D eigenvalue weighted by molar-refractivity contribution is -0.224. The fraction of sp³-hybridized carbons (Fsp3) is 0.900. The van der Waals surface area contributed by atoms with Gasteiger partial charge in [-0.2, -0.15) is 11.8 Å². The number of aliphatic hydroxyl groups is 3. The number of hydrogen-bond donors (Lipinski definition) is 5. The molecule has 0 radical (unpaired) electrons. The smallest absolute Gasteiger partial charge is 0.315 e. The van der Waals surface area contributed by atoms with Crippen LogP contribution in [0.3, 0.4) is 0 Å². The van der Waals surface area contributed by atoms with Gasteiger partial charge in [0.2, 0.25) is 0 Å². The zero-order valence-corrected chi connectivity index (χ0v) is 18.7. The first kappa shape index (κ1) is 22.1. The molecule has 0 aromatic rings. The molecule has 170 valence electrons. The average molecular weight is 445 g/mol. The van der Waals surface area contributed by atoms with Crippen molar-refractivity contribution in [3.63, 3.8) is 0 Å². The third-order valence-corrected chi connectivity index (χ3v) is 9.50. The number of unbranched alkanes of at least 4 members (excludes halogenated alkanes) is 1. The van der Waals surface area contributed by atoms with Gasteiger partial charge in [-0.25, -0.2) is 4.79 Å². The quantitative estimate of drug-likeness (QED) is 0.211. The molecule has 1 aliphatic carbocycles. The number of fused-ring (bicyclic) bond motifs is 2. The molecule has 0 aromatic heterocycles. The number of esters is 1. The number of thioether (sulfide) groups is 1. The number of urea groups is 1. The summed E-state index contributed by atoms with van der Waals surface area (Å²) in [5.41, 5.74) is -7.88. The molecule has 8 atom stereocenters. The summed E-state index contributed by atoms with van der Waals surface area (Å²) < 4.78 is 11.2. The minimum atomic E-state index is -1.84. The Kier molecular flexibility index (Phi) is 4.95. The van der Waals surface area contributed by atoms with Crippen molar-refractivity contribution >= 4 is 23.8 Å². The number of carbonyl (C=O) groups excluding carboxylic acids is 2. The molecule has 9 nitrogen and oxygen atoms in total. The number of amides is 2. The highest BCUT2D eigenvalue weighted by atomic mass is 32.2. The van der Waals surface area contributed by atoms with E-state index in [4.69, 9.17) is 9.47 Å². The van der Waals surface area contributed by atoms with Crippen molar-refractivity contribution in [3.8, 4) is 0 Å². The fourth-order valence-corrected chi connectivity index (χ4v) is 7.14. The standard InChI is InChI=1S/C20H32N2O7S/c1-16(17(2,25)20(27)18(3,26)19(20,4)29-16)10-28-13(23)8-6-5-7-12-14-11(9-30-12)21-15(24)22-14/h11-12,14,25-27H,5-10H2,1-4H3,(H2,21,22,24)/t11-,12?,14-,16?,17?,18+,19?,20?/m0/s1. The van der Waals surface area contributed by atoms with Gasteiger partial charge < -0.3 is 35.4 Å². The van der Waals surface area contributed by atoms with Crippen molar-refractivity contribution < 1.29 is 34.4 Å². The van der Waals surface area contributed by atoms with Crippen LogP contribution in [0.15, 0.2) is 0 Å². The van der Waals surface area contributed by atoms with Crippen molar-refractivity contribution in [1.82, 2.24) is 10.6 Å². The molecular formula is C20H32N2O7S. The zero-order chi connectivity index (χ0) is 22.2. The summed E-state index contributed by atoms with van der Waals surface area (Å²) >= 11 is 1.84. The molecule has 2 amide bonds. The minimum absolute atomic E-state index is 0.102. The van der Waals surface area contributed by atoms with Gasteiger partial charge in [-0.1, -0.05) is 6.42 Å². The second-order valence-corrected chi connectivity index (χ2v) is 11.0. The molecule has 1 saturated carbocycles. The van der Waals surface area contributed by atoms with Gasteiger partial charge in [0.05, 0.1) is 12.1 Å². The Labute approximate surface area is 180 Å². The summed E-state index contributed by atoms with van der Waals surface area (Å²) in [4.78, 5) is 23.6. The summed E-state index contributed by atoms with van der Waals surface area (Å²) in [6, 6.07) is 0.253. The summed E-state index contributed by atoms with van der Waals surface area (Å²) in [5.74, 6) is 0.514. The Morgan fingerprint density at radius 2 is 1.87 bits per heavy atom. The fourth-order valence-electron chi connectivity index (χ4n) is 5.59. The van der Waals surface area contributed by atoms with Crippen LogP contribution in [0.25, 0.3) is 0 Å². The van der Waals surface area contributed by atoms with Crippen molar-refractivity contribution in [2.24, 2.45) is 0 Å². The second kappa shape index (κ2) is 6.71. The Balaban J connectivity index is 1.21. The lowest BCUT2D eigenvalue weighted by Gasteiger charge is -2.41. The normalized spacial score (nSPS) is 51.2. The van der Waals surface area contributed by atoms with Gasteiger partial charge in [0.1, 0.15) is 29.0 Å². The predicted molar refractivity (Wildman–Crippen MR) is 109 cm³/mol. The van der Waals surface area contributed by atoms with Crippen LogP contribution >= 0.6 is 11.8 Å². The molecule has 3 saturated heterocycles. The van der Waals surface area contributed by atoms with Crippen molar-refractivity contribution in [3.05, 3.63) is 0 Å². The molecule has 4 rings (SSSR count). The van der Waals surface area contributed by atoms with E-state index in [0.29, 0.717) is 11.7 Å². The van der Waals surface area contributed by atoms with E-state index >= 15 is 0 Å². The Bertz CT molecular complexity index is 761. The first-order chi connectivity index (χ1) is 13.8. The molecule has 5 unspecified atom stereocenters. The Morgan fingerprint density at radius 3 is 2.50 bits per heavy atom. The summed E-state index contributed by atoms with van der Waals surface area (Å²) in [6.45, 7) is 5.72. The van der Waals surface area contributed by atoms with E-state index in [2.05, 4.69) is 10.6 Å². The number of nitrogens with one attached hydrogen (secondary N) is 2. The topological polar surface area (TPSA) is 137 Å². The minimum Gasteiger partial charge on any atom is -0.462 e. The first-order valence-electron chi connectivity index (χ1n) is 10.5. The van der Waals surface area contributed by atoms with Crippen LogP contribution in [-0.4, -0.2) is 85.0 Å². The van der Waals surface area contributed by atoms with Crippen molar-refractivity contribution in [2.75, 3.05) is 12.4 Å². The van der Waals surface area contributed by atoms with E-state index < -0.39 is 34.0 Å². The van der Waals surface area contributed by atoms with Gasteiger partial charge in [0.25, 0.3) is 0 Å². The predicted octanol–water partition coefficient (Wildman–Crippen LogP) is 0.0497. The number of hydrogen-bond acceptors (Lipinski definition) is 8. The summed E-state index contributed by atoms with van der Waals surface area (Å²) in [5, 5.41) is 38.4. The van der Waals surface area contributed by atoms with Gasteiger partial charge in [0.15, 0.2) is 5.60 Å². The lowest BCUT2D eigenvalue weighted by atomic mass is 9.79. The summed E-state index contributed by atoms with van der Waals surface area (Å²) in [6.07, 6.45) is 2.67. The van der Waals surface area contributed by atoms with Crippen LogP contribution in [0.2, 0.25) is 0 Å². The van der Waals surface area contributed by atoms with Crippen molar-refractivity contribution in [1.29, 1.82) is 0 Å². The van der Waals surface area contributed by atoms with Crippen LogP contribution < -0.4 is 10.6 Å². The van der Waals surface area contributed by atoms with Crippen LogP contribution in [0.1, 0.15) is 53.4 Å². The largest absolute Gasteiger partial charge is 0.462 e. The van der Waals surface area contributed by atoms with E-state index in [9.17, 15) is 24.9 Å². The van der Waals surface area contributed by atoms with Crippen LogP contribution in [0.4, 0.5) is 4.79 Å². The average Bonchev–Trinajstić information content (AvgIpc) is 3.08.